The maximum Gasteiger partial charge on any atom is 0.253 e. The third kappa shape index (κ3) is 3.57. The molecule has 116 valence electrons. The van der Waals surface area contributed by atoms with Gasteiger partial charge in [0.15, 0.2) is 0 Å². The first-order chi connectivity index (χ1) is 11.1. The van der Waals surface area contributed by atoms with Crippen molar-refractivity contribution in [3.05, 3.63) is 77.0 Å². The van der Waals surface area contributed by atoms with E-state index in [-0.39, 0.29) is 23.0 Å². The number of carbonyl (C=O) groups is 1. The Morgan fingerprint density at radius 1 is 1.26 bits per heavy atom. The zero-order valence-electron chi connectivity index (χ0n) is 11.9. The van der Waals surface area contributed by atoms with Crippen LogP contribution in [0.3, 0.4) is 0 Å². The van der Waals surface area contributed by atoms with Crippen LogP contribution >= 0.6 is 11.6 Å². The molecule has 0 saturated carbocycles. The van der Waals surface area contributed by atoms with E-state index in [1.165, 1.54) is 12.1 Å². The largest absolute Gasteiger partial charge is 0.464 e. The summed E-state index contributed by atoms with van der Waals surface area (Å²) in [6.07, 6.45) is 4.92. The first kappa shape index (κ1) is 15.2. The minimum absolute atomic E-state index is 0.0740. The molecule has 4 nitrogen and oxygen atoms in total. The van der Waals surface area contributed by atoms with Crippen LogP contribution in [0.4, 0.5) is 4.39 Å². The number of nitrogens with one attached hydrogen (secondary N) is 1. The van der Waals surface area contributed by atoms with E-state index in [4.69, 9.17) is 16.0 Å². The number of carbonyl (C=O) groups excluding carboxylic acids is 1. The van der Waals surface area contributed by atoms with Crippen molar-refractivity contribution in [3.63, 3.8) is 0 Å². The van der Waals surface area contributed by atoms with Crippen molar-refractivity contribution in [2.24, 2.45) is 0 Å². The predicted molar refractivity (Wildman–Crippen MR) is 84.5 cm³/mol. The number of hydrogen-bond acceptors (Lipinski definition) is 3. The number of hydrogen-bond donors (Lipinski definition) is 1. The molecule has 0 radical (unpaired) electrons. The Morgan fingerprint density at radius 2 is 2.13 bits per heavy atom. The van der Waals surface area contributed by atoms with Gasteiger partial charge in [-0.1, -0.05) is 11.6 Å². The zero-order valence-corrected chi connectivity index (χ0v) is 12.7. The molecule has 1 amide bonds. The van der Waals surface area contributed by atoms with E-state index in [0.717, 1.165) is 17.2 Å². The Morgan fingerprint density at radius 3 is 2.87 bits per heavy atom. The van der Waals surface area contributed by atoms with Crippen molar-refractivity contribution in [3.8, 4) is 11.3 Å². The van der Waals surface area contributed by atoms with Crippen LogP contribution in [0.2, 0.25) is 5.02 Å². The predicted octanol–water partition coefficient (Wildman–Crippen LogP) is 4.06. The van der Waals surface area contributed by atoms with Gasteiger partial charge >= 0.3 is 0 Å². The summed E-state index contributed by atoms with van der Waals surface area (Å²) >= 11 is 5.87. The molecule has 2 aromatic heterocycles. The van der Waals surface area contributed by atoms with Crippen LogP contribution in [0, 0.1) is 5.82 Å². The van der Waals surface area contributed by atoms with E-state index in [1.54, 1.807) is 24.7 Å². The van der Waals surface area contributed by atoms with Gasteiger partial charge in [-0.25, -0.2) is 4.39 Å². The Kier molecular flexibility index (Phi) is 4.39. The molecule has 0 unspecified atom stereocenters. The van der Waals surface area contributed by atoms with Gasteiger partial charge in [-0.15, -0.1) is 0 Å². The molecule has 23 heavy (non-hydrogen) atoms. The minimum Gasteiger partial charge on any atom is -0.464 e. The maximum atomic E-state index is 13.0. The lowest BCUT2D eigenvalue weighted by molar-refractivity contribution is 0.0951. The topological polar surface area (TPSA) is 55.1 Å². The quantitative estimate of drug-likeness (QED) is 0.784. The molecule has 0 atom stereocenters. The van der Waals surface area contributed by atoms with Crippen LogP contribution in [0.1, 0.15) is 15.9 Å². The number of furan rings is 1. The molecule has 3 rings (SSSR count). The normalized spacial score (nSPS) is 10.5. The molecular formula is C17H12ClFN2O2. The molecule has 1 aromatic carbocycles. The van der Waals surface area contributed by atoms with Crippen LogP contribution in [-0.2, 0) is 6.54 Å². The van der Waals surface area contributed by atoms with Crippen LogP contribution in [0.15, 0.2) is 59.5 Å². The van der Waals surface area contributed by atoms with E-state index in [2.05, 4.69) is 10.3 Å². The molecule has 0 saturated heterocycles. The summed E-state index contributed by atoms with van der Waals surface area (Å²) < 4.78 is 18.3. The van der Waals surface area contributed by atoms with Crippen LogP contribution in [-0.4, -0.2) is 10.9 Å². The number of amides is 1. The van der Waals surface area contributed by atoms with Crippen molar-refractivity contribution in [1.29, 1.82) is 0 Å². The lowest BCUT2D eigenvalue weighted by Crippen LogP contribution is -2.23. The molecule has 0 bridgehead atoms. The molecule has 0 spiro atoms. The molecule has 6 heteroatoms. The molecule has 3 aromatic rings. The van der Waals surface area contributed by atoms with Crippen LogP contribution < -0.4 is 5.32 Å². The van der Waals surface area contributed by atoms with E-state index < -0.39 is 5.82 Å². The third-order valence-corrected chi connectivity index (χ3v) is 3.54. The number of nitrogens with zero attached hydrogens (tertiary/aromatic N) is 1. The van der Waals surface area contributed by atoms with Gasteiger partial charge in [-0.2, -0.15) is 0 Å². The van der Waals surface area contributed by atoms with E-state index in [9.17, 15) is 9.18 Å². The Hall–Kier alpha value is -2.66. The number of pyridine rings is 1. The van der Waals surface area contributed by atoms with Crippen LogP contribution in [0.25, 0.3) is 11.3 Å². The molecular weight excluding hydrogens is 319 g/mol. The summed E-state index contributed by atoms with van der Waals surface area (Å²) in [4.78, 5) is 16.2. The second kappa shape index (κ2) is 6.62. The summed E-state index contributed by atoms with van der Waals surface area (Å²) in [5.74, 6) is -0.160. The Labute approximate surface area is 136 Å². The highest BCUT2D eigenvalue weighted by atomic mass is 35.5. The van der Waals surface area contributed by atoms with Gasteiger partial charge in [0.25, 0.3) is 5.91 Å². The summed E-state index contributed by atoms with van der Waals surface area (Å²) in [6.45, 7) is 0.272. The van der Waals surface area contributed by atoms with E-state index in [0.29, 0.717) is 5.76 Å². The van der Waals surface area contributed by atoms with Crippen molar-refractivity contribution in [2.45, 2.75) is 6.54 Å². The van der Waals surface area contributed by atoms with Crippen molar-refractivity contribution in [1.82, 2.24) is 10.3 Å². The van der Waals surface area contributed by atoms with Gasteiger partial charge in [0.2, 0.25) is 0 Å². The smallest absolute Gasteiger partial charge is 0.253 e. The highest BCUT2D eigenvalue weighted by Gasteiger charge is 2.11. The average Bonchev–Trinajstić information content (AvgIpc) is 3.07. The molecule has 2 heterocycles. The zero-order chi connectivity index (χ0) is 16.2. The van der Waals surface area contributed by atoms with Gasteiger partial charge in [0.1, 0.15) is 11.6 Å². The van der Waals surface area contributed by atoms with Crippen molar-refractivity contribution < 1.29 is 13.6 Å². The van der Waals surface area contributed by atoms with Crippen LogP contribution in [0.5, 0.6) is 0 Å². The SMILES string of the molecule is O=C(NCc1cncc(-c2ccco2)c1)c1ccc(F)cc1Cl. The third-order valence-electron chi connectivity index (χ3n) is 3.23. The van der Waals surface area contributed by atoms with Gasteiger partial charge < -0.3 is 9.73 Å². The minimum atomic E-state index is -0.484. The fourth-order valence-electron chi connectivity index (χ4n) is 2.11. The summed E-state index contributed by atoms with van der Waals surface area (Å²) in [7, 11) is 0. The summed E-state index contributed by atoms with van der Waals surface area (Å²) in [6, 6.07) is 9.15. The van der Waals surface area contributed by atoms with E-state index in [1.807, 2.05) is 12.1 Å². The number of benzene rings is 1. The van der Waals surface area contributed by atoms with Crippen molar-refractivity contribution >= 4 is 17.5 Å². The fraction of sp³-hybridized carbons (Fsp3) is 0.0588. The summed E-state index contributed by atoms with van der Waals surface area (Å²) in [5.41, 5.74) is 1.86. The Bertz CT molecular complexity index is 834. The second-order valence-electron chi connectivity index (χ2n) is 4.87. The molecule has 0 aliphatic rings. The van der Waals surface area contributed by atoms with Crippen molar-refractivity contribution in [2.75, 3.05) is 0 Å². The molecule has 0 aliphatic heterocycles. The highest BCUT2D eigenvalue weighted by molar-refractivity contribution is 6.33. The molecule has 1 N–H and O–H groups in total. The standard InChI is InChI=1S/C17H12ClFN2O2/c18-15-7-13(19)3-4-14(15)17(22)21-9-11-6-12(10-20-8-11)16-2-1-5-23-16/h1-8,10H,9H2,(H,21,22). The lowest BCUT2D eigenvalue weighted by Gasteiger charge is -2.07. The Balaban J connectivity index is 1.71. The monoisotopic (exact) mass is 330 g/mol. The number of halogens is 2. The molecule has 0 fully saturated rings. The van der Waals surface area contributed by atoms with E-state index >= 15 is 0 Å². The maximum absolute atomic E-state index is 13.0. The fourth-order valence-corrected chi connectivity index (χ4v) is 2.37. The highest BCUT2D eigenvalue weighted by Crippen LogP contribution is 2.20. The average molecular weight is 331 g/mol. The lowest BCUT2D eigenvalue weighted by atomic mass is 10.1. The number of rotatable bonds is 4. The van der Waals surface area contributed by atoms with Gasteiger partial charge in [0.05, 0.1) is 16.8 Å². The van der Waals surface area contributed by atoms with Gasteiger partial charge in [-0.05, 0) is 42.0 Å². The molecule has 0 aliphatic carbocycles. The first-order valence-corrected chi connectivity index (χ1v) is 7.22. The summed E-state index contributed by atoms with van der Waals surface area (Å²) in [5, 5.41) is 2.81. The second-order valence-corrected chi connectivity index (χ2v) is 5.27. The van der Waals surface area contributed by atoms with Gasteiger partial charge in [-0.3, -0.25) is 9.78 Å². The number of aromatic nitrogens is 1. The van der Waals surface area contributed by atoms with Gasteiger partial charge in [0, 0.05) is 24.5 Å². The first-order valence-electron chi connectivity index (χ1n) is 6.84.